The van der Waals surface area contributed by atoms with Gasteiger partial charge >= 0.3 is 0 Å². The molecule has 1 fully saturated rings. The van der Waals surface area contributed by atoms with Gasteiger partial charge in [-0.3, -0.25) is 14.5 Å². The number of ether oxygens (including phenoxy) is 2. The molecule has 0 saturated carbocycles. The SMILES string of the molecule is COc1cc(-c2ccc(OCCN3CCN(C)C(=O)[C@H]3C)cc2)ccc1-c1cn(C)c(=O)c2c1ccn2S(=O)(=O)c1ccc(C)cc1. The fourth-order valence-corrected chi connectivity index (χ4v) is 7.39. The van der Waals surface area contributed by atoms with Crippen LogP contribution in [0, 0.1) is 6.92 Å². The molecule has 47 heavy (non-hydrogen) atoms. The van der Waals surface area contributed by atoms with E-state index in [0.29, 0.717) is 29.9 Å². The summed E-state index contributed by atoms with van der Waals surface area (Å²) in [5.74, 6) is 1.45. The molecule has 1 atom stereocenters. The molecule has 2 aromatic heterocycles. The molecular weight excluding hydrogens is 616 g/mol. The molecule has 1 aliphatic heterocycles. The van der Waals surface area contributed by atoms with E-state index in [4.69, 9.17) is 9.47 Å². The van der Waals surface area contributed by atoms with Gasteiger partial charge in [0.15, 0.2) is 0 Å². The first-order valence-electron chi connectivity index (χ1n) is 15.4. The van der Waals surface area contributed by atoms with Crippen LogP contribution in [0.15, 0.2) is 94.9 Å². The van der Waals surface area contributed by atoms with E-state index in [1.54, 1.807) is 55.6 Å². The molecule has 3 heterocycles. The number of piperazine rings is 1. The minimum atomic E-state index is -4.01. The van der Waals surface area contributed by atoms with Gasteiger partial charge in [0, 0.05) is 62.6 Å². The number of carbonyl (C=O) groups is 1. The van der Waals surface area contributed by atoms with Gasteiger partial charge in [-0.25, -0.2) is 12.4 Å². The van der Waals surface area contributed by atoms with Crippen molar-refractivity contribution in [1.29, 1.82) is 0 Å². The minimum absolute atomic E-state index is 0.0703. The van der Waals surface area contributed by atoms with Crippen LogP contribution in [0.4, 0.5) is 0 Å². The third-order valence-electron chi connectivity index (χ3n) is 8.90. The second-order valence-electron chi connectivity index (χ2n) is 11.9. The number of pyridine rings is 1. The zero-order valence-corrected chi connectivity index (χ0v) is 28.0. The minimum Gasteiger partial charge on any atom is -0.496 e. The fraction of sp³-hybridized carbons (Fsp3) is 0.278. The number of hydrogen-bond donors (Lipinski definition) is 0. The van der Waals surface area contributed by atoms with E-state index < -0.39 is 15.6 Å². The topological polar surface area (TPSA) is 103 Å². The Labute approximate surface area is 274 Å². The van der Waals surface area contributed by atoms with Crippen molar-refractivity contribution in [3.63, 3.8) is 0 Å². The number of benzene rings is 3. The van der Waals surface area contributed by atoms with Gasteiger partial charge in [-0.2, -0.15) is 0 Å². The Morgan fingerprint density at radius 2 is 1.57 bits per heavy atom. The standard InChI is InChI=1S/C36H38N4O6S/c1-24-6-13-29(14-7-24)47(43,44)40-17-16-31-32(23-38(4)36(42)34(31)40)30-15-10-27(22-33(30)45-5)26-8-11-28(12-9-26)46-21-20-39-19-18-37(3)35(41)25(39)2/h6-17,22-23,25H,18-21H2,1-5H3/t25-/m1/s1. The molecular formula is C36H38N4O6S. The molecule has 1 saturated heterocycles. The van der Waals surface area contributed by atoms with Gasteiger partial charge in [0.2, 0.25) is 5.91 Å². The Hall–Kier alpha value is -4.87. The van der Waals surface area contributed by atoms with Crippen molar-refractivity contribution >= 4 is 26.8 Å². The van der Waals surface area contributed by atoms with Crippen LogP contribution in [0.1, 0.15) is 12.5 Å². The number of hydrogen-bond acceptors (Lipinski definition) is 7. The highest BCUT2D eigenvalue weighted by Gasteiger charge is 2.29. The molecule has 0 radical (unpaired) electrons. The lowest BCUT2D eigenvalue weighted by atomic mass is 9.98. The maximum absolute atomic E-state index is 13.6. The van der Waals surface area contributed by atoms with Gasteiger partial charge in [-0.15, -0.1) is 0 Å². The zero-order chi connectivity index (χ0) is 33.5. The molecule has 11 heteroatoms. The molecule has 1 amide bonds. The predicted molar refractivity (Wildman–Crippen MR) is 183 cm³/mol. The number of methoxy groups -OCH3 is 1. The van der Waals surface area contributed by atoms with Crippen LogP contribution in [0.5, 0.6) is 11.5 Å². The molecule has 10 nitrogen and oxygen atoms in total. The Kier molecular flexibility index (Phi) is 8.69. The molecule has 5 aromatic rings. The molecule has 0 spiro atoms. The van der Waals surface area contributed by atoms with E-state index >= 15 is 0 Å². The average molecular weight is 655 g/mol. The number of carbonyl (C=O) groups excluding carboxylic acids is 1. The smallest absolute Gasteiger partial charge is 0.275 e. The summed E-state index contributed by atoms with van der Waals surface area (Å²) in [6.07, 6.45) is 3.14. The van der Waals surface area contributed by atoms with E-state index in [1.807, 2.05) is 63.4 Å². The molecule has 6 rings (SSSR count). The highest BCUT2D eigenvalue weighted by atomic mass is 32.2. The molecule has 1 aliphatic rings. The number of fused-ring (bicyclic) bond motifs is 1. The van der Waals surface area contributed by atoms with Crippen molar-refractivity contribution in [2.24, 2.45) is 7.05 Å². The third-order valence-corrected chi connectivity index (χ3v) is 10.6. The summed E-state index contributed by atoms with van der Waals surface area (Å²) in [6.45, 7) is 6.50. The van der Waals surface area contributed by atoms with Crippen LogP contribution in [0.3, 0.4) is 0 Å². The van der Waals surface area contributed by atoms with Gasteiger partial charge in [0.05, 0.1) is 18.0 Å². The van der Waals surface area contributed by atoms with Gasteiger partial charge < -0.3 is 18.9 Å². The monoisotopic (exact) mass is 654 g/mol. The second kappa shape index (κ2) is 12.7. The predicted octanol–water partition coefficient (Wildman–Crippen LogP) is 4.77. The normalized spacial score (nSPS) is 15.7. The Bertz CT molecular complexity index is 2120. The van der Waals surface area contributed by atoms with Crippen LogP contribution in [0.25, 0.3) is 33.2 Å². The number of amides is 1. The van der Waals surface area contributed by atoms with Gasteiger partial charge in [0.25, 0.3) is 15.6 Å². The fourth-order valence-electron chi connectivity index (χ4n) is 6.05. The quantitative estimate of drug-likeness (QED) is 0.226. The van der Waals surface area contributed by atoms with Crippen molar-refractivity contribution in [2.45, 2.75) is 24.8 Å². The van der Waals surface area contributed by atoms with Gasteiger partial charge in [-0.1, -0.05) is 35.9 Å². The van der Waals surface area contributed by atoms with Crippen molar-refractivity contribution in [3.8, 4) is 33.8 Å². The highest BCUT2D eigenvalue weighted by Crippen LogP contribution is 2.38. The Morgan fingerprint density at radius 3 is 2.28 bits per heavy atom. The van der Waals surface area contributed by atoms with Crippen LogP contribution >= 0.6 is 0 Å². The van der Waals surface area contributed by atoms with E-state index in [2.05, 4.69) is 4.90 Å². The first kappa shape index (κ1) is 32.1. The number of rotatable bonds is 9. The summed E-state index contributed by atoms with van der Waals surface area (Å²) in [7, 11) is 1.01. The van der Waals surface area contributed by atoms with Crippen molar-refractivity contribution in [2.75, 3.05) is 40.4 Å². The zero-order valence-electron chi connectivity index (χ0n) is 27.1. The lowest BCUT2D eigenvalue weighted by Crippen LogP contribution is -2.55. The number of aromatic nitrogens is 2. The maximum atomic E-state index is 13.6. The van der Waals surface area contributed by atoms with E-state index in [1.165, 1.54) is 10.8 Å². The van der Waals surface area contributed by atoms with Crippen LogP contribution in [-0.2, 0) is 21.9 Å². The van der Waals surface area contributed by atoms with E-state index in [9.17, 15) is 18.0 Å². The van der Waals surface area contributed by atoms with Crippen molar-refractivity contribution < 1.29 is 22.7 Å². The van der Waals surface area contributed by atoms with Gasteiger partial charge in [0.1, 0.15) is 23.6 Å². The lowest BCUT2D eigenvalue weighted by Gasteiger charge is -2.37. The summed E-state index contributed by atoms with van der Waals surface area (Å²) >= 11 is 0. The van der Waals surface area contributed by atoms with E-state index in [0.717, 1.165) is 45.1 Å². The first-order chi connectivity index (χ1) is 22.5. The molecule has 3 aromatic carbocycles. The van der Waals surface area contributed by atoms with Crippen molar-refractivity contribution in [1.82, 2.24) is 18.3 Å². The highest BCUT2D eigenvalue weighted by molar-refractivity contribution is 7.90. The Balaban J connectivity index is 1.26. The average Bonchev–Trinajstić information content (AvgIpc) is 3.53. The summed E-state index contributed by atoms with van der Waals surface area (Å²) in [6, 6.07) is 21.7. The largest absolute Gasteiger partial charge is 0.496 e. The van der Waals surface area contributed by atoms with Gasteiger partial charge in [-0.05, 0) is 67.4 Å². The third kappa shape index (κ3) is 6.04. The summed E-state index contributed by atoms with van der Waals surface area (Å²) < 4.78 is 41.5. The molecule has 0 unspecified atom stereocenters. The lowest BCUT2D eigenvalue weighted by molar-refractivity contribution is -0.139. The first-order valence-corrected chi connectivity index (χ1v) is 16.9. The molecule has 0 bridgehead atoms. The number of nitrogens with zero attached hydrogens (tertiary/aromatic N) is 4. The number of likely N-dealkylation sites (N-methyl/N-ethyl adjacent to an activating group) is 1. The molecule has 244 valence electrons. The second-order valence-corrected chi connectivity index (χ2v) is 13.7. The molecule has 0 aliphatic carbocycles. The van der Waals surface area contributed by atoms with Crippen molar-refractivity contribution in [3.05, 3.63) is 101 Å². The summed E-state index contributed by atoms with van der Waals surface area (Å²) in [5.41, 5.74) is 3.85. The van der Waals surface area contributed by atoms with Crippen LogP contribution < -0.4 is 15.0 Å². The summed E-state index contributed by atoms with van der Waals surface area (Å²) in [4.78, 5) is 29.6. The molecule has 0 N–H and O–H groups in total. The summed E-state index contributed by atoms with van der Waals surface area (Å²) in [5, 5.41) is 0.506. The Morgan fingerprint density at radius 1 is 0.872 bits per heavy atom. The van der Waals surface area contributed by atoms with Crippen LogP contribution in [0.2, 0.25) is 0 Å². The maximum Gasteiger partial charge on any atom is 0.275 e. The number of aryl methyl sites for hydroxylation is 2. The van der Waals surface area contributed by atoms with E-state index in [-0.39, 0.29) is 22.4 Å². The van der Waals surface area contributed by atoms with Crippen LogP contribution in [-0.4, -0.2) is 79.1 Å².